The van der Waals surface area contributed by atoms with E-state index in [9.17, 15) is 13.2 Å². The molecule has 85 valence electrons. The maximum atomic E-state index is 12.7. The summed E-state index contributed by atoms with van der Waals surface area (Å²) >= 11 is 1.29. The van der Waals surface area contributed by atoms with E-state index in [1.807, 2.05) is 0 Å². The minimum Gasteiger partial charge on any atom is -0.374 e. The molecular formula is C11H8F3OS. The van der Waals surface area contributed by atoms with Crippen LogP contribution in [-0.4, -0.2) is 0 Å². The molecule has 0 N–H and O–H groups in total. The van der Waals surface area contributed by atoms with Crippen LogP contribution in [0.2, 0.25) is 0 Å². The molecule has 0 aliphatic carbocycles. The molecule has 2 rings (SSSR count). The molecule has 16 heavy (non-hydrogen) atoms. The summed E-state index contributed by atoms with van der Waals surface area (Å²) in [6.45, 7) is 0.233. The molecule has 0 aliphatic rings. The average Bonchev–Trinajstić information content (AvgIpc) is 2.58. The van der Waals surface area contributed by atoms with Gasteiger partial charge in [0.25, 0.3) is 0 Å². The molecule has 0 fully saturated rings. The van der Waals surface area contributed by atoms with Crippen LogP contribution in [0.3, 0.4) is 0 Å². The highest BCUT2D eigenvalue weighted by Crippen LogP contribution is 2.37. The van der Waals surface area contributed by atoms with E-state index < -0.39 is 11.7 Å². The lowest BCUT2D eigenvalue weighted by Gasteiger charge is -2.06. The van der Waals surface area contributed by atoms with Crippen LogP contribution < -0.4 is 0 Å². The van der Waals surface area contributed by atoms with Gasteiger partial charge in [-0.15, -0.1) is 11.3 Å². The van der Waals surface area contributed by atoms with Crippen LogP contribution in [0.4, 0.5) is 13.2 Å². The molecule has 0 amide bonds. The fourth-order valence-electron chi connectivity index (χ4n) is 1.53. The third-order valence-corrected chi connectivity index (χ3v) is 3.24. The van der Waals surface area contributed by atoms with E-state index in [2.05, 4.69) is 11.8 Å². The van der Waals surface area contributed by atoms with Crippen molar-refractivity contribution in [3.8, 4) is 0 Å². The summed E-state index contributed by atoms with van der Waals surface area (Å²) in [4.78, 5) is 0.738. The molecule has 1 aromatic carbocycles. The van der Waals surface area contributed by atoms with Crippen molar-refractivity contribution in [1.29, 1.82) is 0 Å². The number of hydrogen-bond donors (Lipinski definition) is 0. The van der Waals surface area contributed by atoms with Gasteiger partial charge in [-0.2, -0.15) is 13.2 Å². The molecule has 0 unspecified atom stereocenters. The maximum Gasteiger partial charge on any atom is 0.417 e. The number of hydrogen-bond acceptors (Lipinski definition) is 2. The van der Waals surface area contributed by atoms with E-state index in [1.165, 1.54) is 23.5 Å². The first-order valence-corrected chi connectivity index (χ1v) is 5.29. The van der Waals surface area contributed by atoms with Crippen LogP contribution in [0.25, 0.3) is 10.1 Å². The minimum atomic E-state index is -4.32. The lowest BCUT2D eigenvalue weighted by Crippen LogP contribution is -2.04. The summed E-state index contributed by atoms with van der Waals surface area (Å²) in [6, 6.07) is 5.68. The predicted molar refractivity (Wildman–Crippen MR) is 57.0 cm³/mol. The Kier molecular flexibility index (Phi) is 2.90. The number of fused-ring (bicyclic) bond motifs is 1. The third-order valence-electron chi connectivity index (χ3n) is 2.16. The van der Waals surface area contributed by atoms with E-state index >= 15 is 0 Å². The molecule has 0 bridgehead atoms. The molecule has 1 aromatic heterocycles. The van der Waals surface area contributed by atoms with E-state index in [-0.39, 0.29) is 12.0 Å². The van der Waals surface area contributed by atoms with Gasteiger partial charge >= 0.3 is 6.18 Å². The van der Waals surface area contributed by atoms with Crippen LogP contribution in [0, 0.1) is 7.11 Å². The second-order valence-electron chi connectivity index (χ2n) is 3.28. The van der Waals surface area contributed by atoms with Crippen molar-refractivity contribution < 1.29 is 17.9 Å². The van der Waals surface area contributed by atoms with E-state index in [0.717, 1.165) is 10.9 Å². The minimum absolute atomic E-state index is 0.229. The molecule has 1 nitrogen and oxygen atoms in total. The fourth-order valence-corrected chi connectivity index (χ4v) is 2.56. The van der Waals surface area contributed by atoms with E-state index in [4.69, 9.17) is 0 Å². The molecule has 1 radical (unpaired) electrons. The highest BCUT2D eigenvalue weighted by atomic mass is 32.1. The molecule has 1 heterocycles. The van der Waals surface area contributed by atoms with Gasteiger partial charge in [-0.05, 0) is 18.2 Å². The second kappa shape index (κ2) is 4.07. The van der Waals surface area contributed by atoms with Crippen molar-refractivity contribution in [1.82, 2.24) is 0 Å². The zero-order valence-electron chi connectivity index (χ0n) is 8.17. The topological polar surface area (TPSA) is 9.23 Å². The fraction of sp³-hybridized carbons (Fsp3) is 0.182. The van der Waals surface area contributed by atoms with Gasteiger partial charge < -0.3 is 4.74 Å². The molecule has 0 atom stereocenters. The molecule has 5 heteroatoms. The van der Waals surface area contributed by atoms with Gasteiger partial charge in [0.15, 0.2) is 0 Å². The maximum absolute atomic E-state index is 12.7. The van der Waals surface area contributed by atoms with Crippen LogP contribution >= 0.6 is 11.3 Å². The zero-order valence-corrected chi connectivity index (χ0v) is 8.99. The second-order valence-corrected chi connectivity index (χ2v) is 4.44. The lowest BCUT2D eigenvalue weighted by molar-refractivity contribution is -0.136. The Balaban J connectivity index is 2.59. The first-order valence-electron chi connectivity index (χ1n) is 4.48. The highest BCUT2D eigenvalue weighted by Gasteiger charge is 2.32. The number of ether oxygens (including phenoxy) is 1. The summed E-state index contributed by atoms with van der Waals surface area (Å²) in [5, 5.41) is 0.229. The average molecular weight is 245 g/mol. The standard InChI is InChI=1S/C11H8F3OS/c1-15-6-7-5-8-9(11(12,13)14)3-2-4-10(8)16-7/h2-5H,1,6H2. The van der Waals surface area contributed by atoms with E-state index in [1.54, 1.807) is 6.07 Å². The number of rotatable bonds is 2. The van der Waals surface area contributed by atoms with Crippen molar-refractivity contribution in [2.24, 2.45) is 0 Å². The molecule has 0 saturated heterocycles. The van der Waals surface area contributed by atoms with Gasteiger partial charge in [0.2, 0.25) is 0 Å². The van der Waals surface area contributed by atoms with Crippen molar-refractivity contribution in [2.75, 3.05) is 0 Å². The number of alkyl halides is 3. The summed E-state index contributed by atoms with van der Waals surface area (Å²) in [6.07, 6.45) is -4.32. The van der Waals surface area contributed by atoms with Crippen LogP contribution in [-0.2, 0) is 17.5 Å². The predicted octanol–water partition coefficient (Wildman–Crippen LogP) is 4.23. The van der Waals surface area contributed by atoms with Crippen molar-refractivity contribution >= 4 is 21.4 Å². The molecule has 0 aliphatic heterocycles. The van der Waals surface area contributed by atoms with Crippen LogP contribution in [0.15, 0.2) is 24.3 Å². The monoisotopic (exact) mass is 245 g/mol. The summed E-state index contributed by atoms with van der Waals surface area (Å²) in [7, 11) is 3.21. The lowest BCUT2D eigenvalue weighted by atomic mass is 10.1. The Labute approximate surface area is 94.5 Å². The number of benzene rings is 1. The van der Waals surface area contributed by atoms with Crippen LogP contribution in [0.5, 0.6) is 0 Å². The van der Waals surface area contributed by atoms with Crippen LogP contribution in [0.1, 0.15) is 10.4 Å². The van der Waals surface area contributed by atoms with Gasteiger partial charge in [-0.3, -0.25) is 0 Å². The first-order chi connectivity index (χ1) is 7.52. The Morgan fingerprint density at radius 2 is 2.06 bits per heavy atom. The largest absolute Gasteiger partial charge is 0.417 e. The quantitative estimate of drug-likeness (QED) is 0.769. The Morgan fingerprint density at radius 1 is 1.31 bits per heavy atom. The number of thiophene rings is 1. The smallest absolute Gasteiger partial charge is 0.374 e. The van der Waals surface area contributed by atoms with Crippen molar-refractivity contribution in [2.45, 2.75) is 12.8 Å². The van der Waals surface area contributed by atoms with Gasteiger partial charge in [-0.25, -0.2) is 0 Å². The normalized spacial score (nSPS) is 12.2. The molecule has 2 aromatic rings. The zero-order chi connectivity index (χ0) is 11.8. The third kappa shape index (κ3) is 2.05. The summed E-state index contributed by atoms with van der Waals surface area (Å²) < 4.78 is 43.3. The number of halogens is 3. The van der Waals surface area contributed by atoms with E-state index in [0.29, 0.717) is 4.70 Å². The van der Waals surface area contributed by atoms with Gasteiger partial charge in [0.1, 0.15) is 0 Å². The SMILES string of the molecule is [CH2]OCc1cc2c(C(F)(F)F)cccc2s1. The van der Waals surface area contributed by atoms with Gasteiger partial charge in [0, 0.05) is 15.0 Å². The van der Waals surface area contributed by atoms with Gasteiger partial charge in [0.05, 0.1) is 19.3 Å². The Hall–Kier alpha value is -1.07. The Morgan fingerprint density at radius 3 is 2.69 bits per heavy atom. The molecule has 0 spiro atoms. The molecular weight excluding hydrogens is 237 g/mol. The first kappa shape index (κ1) is 11.4. The Bertz CT molecular complexity index is 501. The highest BCUT2D eigenvalue weighted by molar-refractivity contribution is 7.19. The van der Waals surface area contributed by atoms with Crippen molar-refractivity contribution in [3.05, 3.63) is 41.8 Å². The summed E-state index contributed by atoms with van der Waals surface area (Å²) in [5.41, 5.74) is -0.600. The van der Waals surface area contributed by atoms with Crippen molar-refractivity contribution in [3.63, 3.8) is 0 Å². The van der Waals surface area contributed by atoms with Gasteiger partial charge in [-0.1, -0.05) is 6.07 Å². The summed E-state index contributed by atoms with van der Waals surface area (Å²) in [5.74, 6) is 0. The molecule has 0 saturated carbocycles.